The van der Waals surface area contributed by atoms with Gasteiger partial charge in [0.05, 0.1) is 6.61 Å². The first kappa shape index (κ1) is 10.5. The van der Waals surface area contributed by atoms with Crippen molar-refractivity contribution in [3.63, 3.8) is 0 Å². The lowest BCUT2D eigenvalue weighted by molar-refractivity contribution is -0.149. The highest BCUT2D eigenvalue weighted by atomic mass is 16.5. The molecule has 0 radical (unpaired) electrons. The number of hydrogen-bond donors (Lipinski definition) is 0. The van der Waals surface area contributed by atoms with E-state index in [2.05, 4.69) is 18.7 Å². The maximum atomic E-state index is 11.5. The zero-order valence-electron chi connectivity index (χ0n) is 8.75. The third-order valence-corrected chi connectivity index (χ3v) is 2.52. The van der Waals surface area contributed by atoms with Gasteiger partial charge in [0.25, 0.3) is 0 Å². The molecule has 1 unspecified atom stereocenters. The lowest BCUT2D eigenvalue weighted by Crippen LogP contribution is -2.41. The fraction of sp³-hybridized carbons (Fsp3) is 0.900. The fourth-order valence-corrected chi connectivity index (χ4v) is 1.90. The molecule has 3 heteroatoms. The largest absolute Gasteiger partial charge is 0.465 e. The molecule has 13 heavy (non-hydrogen) atoms. The third-order valence-electron chi connectivity index (χ3n) is 2.52. The van der Waals surface area contributed by atoms with Gasteiger partial charge in [0.15, 0.2) is 0 Å². The van der Waals surface area contributed by atoms with E-state index < -0.39 is 0 Å². The molecule has 0 spiro atoms. The number of rotatable bonds is 3. The van der Waals surface area contributed by atoms with Gasteiger partial charge in [-0.25, -0.2) is 0 Å². The van der Waals surface area contributed by atoms with Crippen molar-refractivity contribution in [1.29, 1.82) is 0 Å². The first-order valence-electron chi connectivity index (χ1n) is 5.09. The molecule has 0 aliphatic carbocycles. The van der Waals surface area contributed by atoms with E-state index in [0.717, 1.165) is 19.4 Å². The summed E-state index contributed by atoms with van der Waals surface area (Å²) in [7, 11) is 0. The number of carbonyl (C=O) groups is 1. The van der Waals surface area contributed by atoms with Crippen LogP contribution in [0.25, 0.3) is 0 Å². The molecule has 76 valence electrons. The van der Waals surface area contributed by atoms with Crippen molar-refractivity contribution in [2.24, 2.45) is 0 Å². The van der Waals surface area contributed by atoms with Gasteiger partial charge in [0, 0.05) is 6.04 Å². The smallest absolute Gasteiger partial charge is 0.323 e. The zero-order valence-corrected chi connectivity index (χ0v) is 8.75. The van der Waals surface area contributed by atoms with E-state index in [1.54, 1.807) is 0 Å². The Kier molecular flexibility index (Phi) is 3.72. The minimum Gasteiger partial charge on any atom is -0.465 e. The molecular formula is C10H19NO2. The zero-order chi connectivity index (χ0) is 9.84. The Balaban J connectivity index is 2.52. The molecule has 0 aromatic carbocycles. The third kappa shape index (κ3) is 2.44. The average Bonchev–Trinajstić information content (AvgIpc) is 2.52. The predicted molar refractivity (Wildman–Crippen MR) is 51.5 cm³/mol. The minimum atomic E-state index is -0.0475. The van der Waals surface area contributed by atoms with Gasteiger partial charge in [-0.05, 0) is 40.2 Å². The van der Waals surface area contributed by atoms with Gasteiger partial charge in [0.1, 0.15) is 6.04 Å². The Morgan fingerprint density at radius 2 is 2.31 bits per heavy atom. The predicted octanol–water partition coefficient (Wildman–Crippen LogP) is 1.42. The number of esters is 1. The molecular weight excluding hydrogens is 166 g/mol. The Hall–Kier alpha value is -0.570. The van der Waals surface area contributed by atoms with Crippen LogP contribution in [0.1, 0.15) is 33.6 Å². The number of carbonyl (C=O) groups excluding carboxylic acids is 1. The summed E-state index contributed by atoms with van der Waals surface area (Å²) >= 11 is 0. The van der Waals surface area contributed by atoms with E-state index in [9.17, 15) is 4.79 Å². The van der Waals surface area contributed by atoms with E-state index in [0.29, 0.717) is 12.6 Å². The van der Waals surface area contributed by atoms with Crippen LogP contribution in [0.5, 0.6) is 0 Å². The van der Waals surface area contributed by atoms with Crippen LogP contribution in [-0.4, -0.2) is 36.1 Å². The van der Waals surface area contributed by atoms with Gasteiger partial charge in [-0.3, -0.25) is 9.69 Å². The maximum Gasteiger partial charge on any atom is 0.323 e. The van der Waals surface area contributed by atoms with E-state index in [1.165, 1.54) is 0 Å². The second-order valence-corrected chi connectivity index (χ2v) is 3.74. The lowest BCUT2D eigenvalue weighted by atomic mass is 10.2. The van der Waals surface area contributed by atoms with Gasteiger partial charge >= 0.3 is 5.97 Å². The van der Waals surface area contributed by atoms with E-state index in [1.807, 2.05) is 6.92 Å². The number of nitrogens with zero attached hydrogens (tertiary/aromatic N) is 1. The van der Waals surface area contributed by atoms with Gasteiger partial charge < -0.3 is 4.74 Å². The van der Waals surface area contributed by atoms with Crippen LogP contribution in [0.4, 0.5) is 0 Å². The van der Waals surface area contributed by atoms with Crippen LogP contribution in [-0.2, 0) is 9.53 Å². The molecule has 0 aromatic rings. The number of hydrogen-bond acceptors (Lipinski definition) is 3. The van der Waals surface area contributed by atoms with Crippen LogP contribution in [0.2, 0.25) is 0 Å². The highest BCUT2D eigenvalue weighted by Crippen LogP contribution is 2.20. The summed E-state index contributed by atoms with van der Waals surface area (Å²) in [6.45, 7) is 7.62. The van der Waals surface area contributed by atoms with Crippen molar-refractivity contribution >= 4 is 5.97 Å². The van der Waals surface area contributed by atoms with Gasteiger partial charge in [-0.1, -0.05) is 0 Å². The van der Waals surface area contributed by atoms with Crippen molar-refractivity contribution in [3.8, 4) is 0 Å². The Morgan fingerprint density at radius 3 is 2.85 bits per heavy atom. The summed E-state index contributed by atoms with van der Waals surface area (Å²) in [5.41, 5.74) is 0. The molecule has 0 bridgehead atoms. The molecule has 1 fully saturated rings. The highest BCUT2D eigenvalue weighted by molar-refractivity contribution is 5.76. The first-order chi connectivity index (χ1) is 6.16. The summed E-state index contributed by atoms with van der Waals surface area (Å²) in [4.78, 5) is 13.7. The van der Waals surface area contributed by atoms with E-state index in [-0.39, 0.29) is 12.0 Å². The SMILES string of the molecule is CCOC(=O)C1CCCN1C(C)C. The van der Waals surface area contributed by atoms with Gasteiger partial charge in [-0.15, -0.1) is 0 Å². The normalized spacial score (nSPS) is 23.8. The van der Waals surface area contributed by atoms with Gasteiger partial charge in [0.2, 0.25) is 0 Å². The highest BCUT2D eigenvalue weighted by Gasteiger charge is 2.32. The van der Waals surface area contributed by atoms with Crippen molar-refractivity contribution in [2.45, 2.75) is 45.7 Å². The van der Waals surface area contributed by atoms with Crippen molar-refractivity contribution < 1.29 is 9.53 Å². The average molecular weight is 185 g/mol. The maximum absolute atomic E-state index is 11.5. The molecule has 0 N–H and O–H groups in total. The van der Waals surface area contributed by atoms with E-state index in [4.69, 9.17) is 4.74 Å². The molecule has 1 saturated heterocycles. The number of ether oxygens (including phenoxy) is 1. The van der Waals surface area contributed by atoms with Crippen molar-refractivity contribution in [3.05, 3.63) is 0 Å². The van der Waals surface area contributed by atoms with Crippen LogP contribution >= 0.6 is 0 Å². The molecule has 1 atom stereocenters. The topological polar surface area (TPSA) is 29.5 Å². The molecule has 1 rings (SSSR count). The monoisotopic (exact) mass is 185 g/mol. The summed E-state index contributed by atoms with van der Waals surface area (Å²) in [6, 6.07) is 0.455. The second kappa shape index (κ2) is 4.61. The second-order valence-electron chi connectivity index (χ2n) is 3.74. The van der Waals surface area contributed by atoms with Crippen LogP contribution in [0.3, 0.4) is 0 Å². The lowest BCUT2D eigenvalue weighted by Gasteiger charge is -2.26. The Morgan fingerprint density at radius 1 is 1.62 bits per heavy atom. The fourth-order valence-electron chi connectivity index (χ4n) is 1.90. The Labute approximate surface area is 80.1 Å². The molecule has 0 amide bonds. The molecule has 0 saturated carbocycles. The summed E-state index contributed by atoms with van der Waals surface area (Å²) < 4.78 is 5.03. The van der Waals surface area contributed by atoms with Crippen LogP contribution in [0, 0.1) is 0 Å². The molecule has 1 heterocycles. The summed E-state index contributed by atoms with van der Waals surface area (Å²) in [5, 5.41) is 0. The quantitative estimate of drug-likeness (QED) is 0.623. The van der Waals surface area contributed by atoms with Gasteiger partial charge in [-0.2, -0.15) is 0 Å². The van der Waals surface area contributed by atoms with Crippen molar-refractivity contribution in [1.82, 2.24) is 4.90 Å². The standard InChI is InChI=1S/C10H19NO2/c1-4-13-10(12)9-6-5-7-11(9)8(2)3/h8-9H,4-7H2,1-3H3. The summed E-state index contributed by atoms with van der Waals surface area (Å²) in [5.74, 6) is -0.0475. The first-order valence-corrected chi connectivity index (χ1v) is 5.09. The van der Waals surface area contributed by atoms with E-state index >= 15 is 0 Å². The molecule has 0 aromatic heterocycles. The molecule has 1 aliphatic heterocycles. The Bertz CT molecular complexity index is 180. The summed E-state index contributed by atoms with van der Waals surface area (Å²) in [6.07, 6.45) is 2.07. The van der Waals surface area contributed by atoms with Crippen molar-refractivity contribution in [2.75, 3.05) is 13.2 Å². The minimum absolute atomic E-state index is 0.0138. The van der Waals surface area contributed by atoms with Crippen LogP contribution < -0.4 is 0 Å². The number of likely N-dealkylation sites (tertiary alicyclic amines) is 1. The van der Waals surface area contributed by atoms with Crippen LogP contribution in [0.15, 0.2) is 0 Å². The molecule has 3 nitrogen and oxygen atoms in total. The molecule has 1 aliphatic rings.